The van der Waals surface area contributed by atoms with Crippen LogP contribution in [0.1, 0.15) is 23.6 Å². The fourth-order valence-electron chi connectivity index (χ4n) is 3.20. The Morgan fingerprint density at radius 1 is 1.17 bits per heavy atom. The maximum Gasteiger partial charge on any atom is 0.325 e. The van der Waals surface area contributed by atoms with Crippen molar-refractivity contribution >= 4 is 11.9 Å². The summed E-state index contributed by atoms with van der Waals surface area (Å²) in [5.41, 5.74) is 1.45. The van der Waals surface area contributed by atoms with Crippen LogP contribution in [0.25, 0.3) is 0 Å². The van der Waals surface area contributed by atoms with Crippen molar-refractivity contribution in [3.8, 4) is 11.8 Å². The van der Waals surface area contributed by atoms with Crippen molar-refractivity contribution in [3.05, 3.63) is 65.2 Å². The predicted molar refractivity (Wildman–Crippen MR) is 106 cm³/mol. The second-order valence-corrected chi connectivity index (χ2v) is 7.28. The number of carbonyl (C=O) groups excluding carboxylic acids is 2. The fourth-order valence-corrected chi connectivity index (χ4v) is 3.20. The largest absolute Gasteiger partial charge is 0.491 e. The zero-order valence-electron chi connectivity index (χ0n) is 16.4. The average Bonchev–Trinajstić information content (AvgIpc) is 2.92. The molecule has 0 aliphatic carbocycles. The van der Waals surface area contributed by atoms with Gasteiger partial charge in [-0.3, -0.25) is 9.69 Å². The van der Waals surface area contributed by atoms with Gasteiger partial charge in [0, 0.05) is 0 Å². The highest BCUT2D eigenvalue weighted by Gasteiger charge is 2.49. The van der Waals surface area contributed by atoms with Gasteiger partial charge in [-0.15, -0.1) is 0 Å². The van der Waals surface area contributed by atoms with Gasteiger partial charge >= 0.3 is 6.03 Å². The van der Waals surface area contributed by atoms with Crippen molar-refractivity contribution < 1.29 is 19.4 Å². The maximum absolute atomic E-state index is 12.9. The monoisotopic (exact) mass is 393 g/mol. The van der Waals surface area contributed by atoms with Crippen LogP contribution >= 0.6 is 0 Å². The highest BCUT2D eigenvalue weighted by atomic mass is 16.5. The van der Waals surface area contributed by atoms with Crippen LogP contribution in [0.15, 0.2) is 48.5 Å². The molecule has 7 nitrogen and oxygen atoms in total. The number of amides is 3. The van der Waals surface area contributed by atoms with Crippen molar-refractivity contribution in [3.63, 3.8) is 0 Å². The minimum absolute atomic E-state index is 0.0735. The number of aryl methyl sites for hydroxylation is 1. The number of carbonyl (C=O) groups is 2. The van der Waals surface area contributed by atoms with Crippen molar-refractivity contribution in [1.29, 1.82) is 5.26 Å². The van der Waals surface area contributed by atoms with Gasteiger partial charge < -0.3 is 15.2 Å². The Kier molecular flexibility index (Phi) is 5.85. The standard InChI is InChI=1S/C22H23N3O4/c1-15-3-7-17(8-4-15)22(2)20(27)25(21(28)24-22)13-18(26)14-29-19-9-5-16(6-10-19)11-12-23/h3-10,18,26H,11,13-14H2,1-2H3,(H,24,28)/t18-,22+/m0/s1. The summed E-state index contributed by atoms with van der Waals surface area (Å²) >= 11 is 0. The quantitative estimate of drug-likeness (QED) is 0.703. The van der Waals surface area contributed by atoms with Gasteiger partial charge in [0.05, 0.1) is 19.0 Å². The lowest BCUT2D eigenvalue weighted by atomic mass is 9.91. The van der Waals surface area contributed by atoms with Gasteiger partial charge in [-0.1, -0.05) is 42.0 Å². The summed E-state index contributed by atoms with van der Waals surface area (Å²) in [6, 6.07) is 15.9. The minimum atomic E-state index is -1.16. The Bertz CT molecular complexity index is 934. The van der Waals surface area contributed by atoms with Crippen LogP contribution in [0, 0.1) is 18.3 Å². The first-order chi connectivity index (χ1) is 13.8. The van der Waals surface area contributed by atoms with Gasteiger partial charge in [-0.25, -0.2) is 4.79 Å². The number of β-amino-alcohol motifs (C(OH)–C–C–N with tert-alkyl or cyclic N) is 1. The summed E-state index contributed by atoms with van der Waals surface area (Å²) in [6.07, 6.45) is -0.724. The second kappa shape index (κ2) is 8.33. The molecule has 2 aromatic rings. The number of aliphatic hydroxyl groups excluding tert-OH is 1. The number of imide groups is 1. The number of nitriles is 1. The van der Waals surface area contributed by atoms with Crippen LogP contribution < -0.4 is 10.1 Å². The summed E-state index contributed by atoms with van der Waals surface area (Å²) < 4.78 is 5.53. The third-order valence-electron chi connectivity index (χ3n) is 4.95. The Labute approximate surface area is 169 Å². The van der Waals surface area contributed by atoms with E-state index < -0.39 is 23.6 Å². The third-order valence-corrected chi connectivity index (χ3v) is 4.95. The maximum atomic E-state index is 12.9. The highest BCUT2D eigenvalue weighted by Crippen LogP contribution is 2.29. The molecule has 29 heavy (non-hydrogen) atoms. The molecule has 0 saturated carbocycles. The normalized spacial score (nSPS) is 19.6. The summed E-state index contributed by atoms with van der Waals surface area (Å²) in [6.45, 7) is 3.36. The molecule has 1 saturated heterocycles. The van der Waals surface area contributed by atoms with Crippen LogP contribution in [0.4, 0.5) is 4.79 Å². The molecule has 3 rings (SSSR count). The molecule has 1 aliphatic rings. The van der Waals surface area contributed by atoms with Crippen LogP contribution in [-0.4, -0.2) is 41.2 Å². The lowest BCUT2D eigenvalue weighted by Crippen LogP contribution is -2.42. The van der Waals surface area contributed by atoms with Gasteiger partial charge in [0.15, 0.2) is 0 Å². The zero-order chi connectivity index (χ0) is 21.0. The van der Waals surface area contributed by atoms with Crippen LogP contribution in [0.3, 0.4) is 0 Å². The molecule has 150 valence electrons. The SMILES string of the molecule is Cc1ccc([C@@]2(C)NC(=O)N(C[C@H](O)COc3ccc(CC#N)cc3)C2=O)cc1. The molecule has 2 atom stereocenters. The zero-order valence-corrected chi connectivity index (χ0v) is 16.4. The summed E-state index contributed by atoms with van der Waals surface area (Å²) in [4.78, 5) is 26.3. The van der Waals surface area contributed by atoms with Crippen molar-refractivity contribution in [1.82, 2.24) is 10.2 Å². The van der Waals surface area contributed by atoms with E-state index in [4.69, 9.17) is 10.00 Å². The lowest BCUT2D eigenvalue weighted by Gasteiger charge is -2.23. The summed E-state index contributed by atoms with van der Waals surface area (Å²) in [5.74, 6) is 0.124. The van der Waals surface area contributed by atoms with E-state index in [1.807, 2.05) is 31.2 Å². The van der Waals surface area contributed by atoms with E-state index in [2.05, 4.69) is 11.4 Å². The topological polar surface area (TPSA) is 103 Å². The van der Waals surface area contributed by atoms with E-state index in [0.29, 0.717) is 17.7 Å². The lowest BCUT2D eigenvalue weighted by molar-refractivity contribution is -0.132. The second-order valence-electron chi connectivity index (χ2n) is 7.28. The fraction of sp³-hybridized carbons (Fsp3) is 0.318. The third kappa shape index (κ3) is 4.39. The first kappa shape index (κ1) is 20.4. The highest BCUT2D eigenvalue weighted by molar-refractivity contribution is 6.07. The van der Waals surface area contributed by atoms with Gasteiger partial charge in [0.1, 0.15) is 24.0 Å². The number of ether oxygens (including phenoxy) is 1. The van der Waals surface area contributed by atoms with Crippen molar-refractivity contribution in [2.24, 2.45) is 0 Å². The molecule has 3 amide bonds. The molecular formula is C22H23N3O4. The predicted octanol–water partition coefficient (Wildman–Crippen LogP) is 2.27. The number of aliphatic hydroxyl groups is 1. The van der Waals surface area contributed by atoms with Gasteiger partial charge in [0.2, 0.25) is 0 Å². The van der Waals surface area contributed by atoms with Gasteiger partial charge in [-0.2, -0.15) is 5.26 Å². The molecule has 0 unspecified atom stereocenters. The Hall–Kier alpha value is -3.37. The molecule has 7 heteroatoms. The Morgan fingerprint density at radius 3 is 2.45 bits per heavy atom. The number of rotatable bonds is 7. The van der Waals surface area contributed by atoms with E-state index in [1.54, 1.807) is 31.2 Å². The Morgan fingerprint density at radius 2 is 1.83 bits per heavy atom. The number of hydrogen-bond acceptors (Lipinski definition) is 5. The van der Waals surface area contributed by atoms with E-state index in [-0.39, 0.29) is 13.2 Å². The van der Waals surface area contributed by atoms with E-state index in [9.17, 15) is 14.7 Å². The van der Waals surface area contributed by atoms with Gasteiger partial charge in [-0.05, 0) is 37.1 Å². The molecule has 1 heterocycles. The molecule has 0 radical (unpaired) electrons. The molecule has 0 aromatic heterocycles. The number of hydrogen-bond donors (Lipinski definition) is 2. The first-order valence-corrected chi connectivity index (χ1v) is 9.31. The van der Waals surface area contributed by atoms with E-state index in [0.717, 1.165) is 16.0 Å². The first-order valence-electron chi connectivity index (χ1n) is 9.31. The van der Waals surface area contributed by atoms with E-state index >= 15 is 0 Å². The van der Waals surface area contributed by atoms with Gasteiger partial charge in [0.25, 0.3) is 5.91 Å². The Balaban J connectivity index is 1.60. The number of nitrogens with zero attached hydrogens (tertiary/aromatic N) is 2. The number of nitrogens with one attached hydrogen (secondary N) is 1. The smallest absolute Gasteiger partial charge is 0.325 e. The molecule has 0 bridgehead atoms. The average molecular weight is 393 g/mol. The van der Waals surface area contributed by atoms with E-state index in [1.165, 1.54) is 0 Å². The van der Waals surface area contributed by atoms with Crippen LogP contribution in [-0.2, 0) is 16.8 Å². The molecule has 1 fully saturated rings. The molecule has 2 N–H and O–H groups in total. The number of urea groups is 1. The molecule has 2 aromatic carbocycles. The summed E-state index contributed by atoms with van der Waals surface area (Å²) in [5, 5.41) is 21.7. The van der Waals surface area contributed by atoms with Crippen molar-refractivity contribution in [2.45, 2.75) is 31.9 Å². The van der Waals surface area contributed by atoms with Crippen LogP contribution in [0.2, 0.25) is 0 Å². The number of benzene rings is 2. The molecule has 1 aliphatic heterocycles. The van der Waals surface area contributed by atoms with Crippen LogP contribution in [0.5, 0.6) is 5.75 Å². The van der Waals surface area contributed by atoms with Crippen molar-refractivity contribution in [2.75, 3.05) is 13.2 Å². The summed E-state index contributed by atoms with van der Waals surface area (Å²) in [7, 11) is 0. The minimum Gasteiger partial charge on any atom is -0.491 e. The molecular weight excluding hydrogens is 370 g/mol. The molecule has 0 spiro atoms.